The molecule has 0 aliphatic carbocycles. The Kier molecular flexibility index (Phi) is 6.35. The van der Waals surface area contributed by atoms with E-state index in [1.807, 2.05) is 37.3 Å². The maximum Gasteiger partial charge on any atom is 0.247 e. The number of benzene rings is 1. The molecule has 2 nitrogen and oxygen atoms in total. The van der Waals surface area contributed by atoms with Gasteiger partial charge in [-0.1, -0.05) is 43.0 Å². The SMILES string of the molecule is C/C=C/C(=O)N(CC#Cc1ccccc1)CCC. The Morgan fingerprint density at radius 3 is 2.67 bits per heavy atom. The lowest BCUT2D eigenvalue weighted by molar-refractivity contribution is -0.125. The molecule has 0 atom stereocenters. The van der Waals surface area contributed by atoms with Crippen molar-refractivity contribution in [3.8, 4) is 11.8 Å². The molecule has 1 aromatic carbocycles. The summed E-state index contributed by atoms with van der Waals surface area (Å²) in [6.45, 7) is 5.12. The molecule has 0 fully saturated rings. The minimum atomic E-state index is 0.0294. The number of nitrogens with zero attached hydrogens (tertiary/aromatic N) is 1. The number of rotatable bonds is 4. The second-order valence-corrected chi connectivity index (χ2v) is 3.93. The van der Waals surface area contributed by atoms with Crippen LogP contribution in [0.5, 0.6) is 0 Å². The summed E-state index contributed by atoms with van der Waals surface area (Å²) >= 11 is 0. The van der Waals surface area contributed by atoms with Gasteiger partial charge in [0.25, 0.3) is 0 Å². The van der Waals surface area contributed by atoms with Crippen LogP contribution < -0.4 is 0 Å². The van der Waals surface area contributed by atoms with Crippen molar-refractivity contribution in [2.75, 3.05) is 13.1 Å². The quantitative estimate of drug-likeness (QED) is 0.586. The van der Waals surface area contributed by atoms with E-state index in [9.17, 15) is 4.79 Å². The van der Waals surface area contributed by atoms with Crippen LogP contribution in [0, 0.1) is 11.8 Å². The number of hydrogen-bond acceptors (Lipinski definition) is 1. The Balaban J connectivity index is 2.63. The first-order valence-electron chi connectivity index (χ1n) is 6.23. The zero-order chi connectivity index (χ0) is 13.2. The summed E-state index contributed by atoms with van der Waals surface area (Å²) in [4.78, 5) is 13.5. The minimum Gasteiger partial charge on any atom is -0.328 e. The summed E-state index contributed by atoms with van der Waals surface area (Å²) in [7, 11) is 0. The van der Waals surface area contributed by atoms with Crippen molar-refractivity contribution in [2.45, 2.75) is 20.3 Å². The molecule has 0 unspecified atom stereocenters. The highest BCUT2D eigenvalue weighted by Crippen LogP contribution is 1.96. The first-order chi connectivity index (χ1) is 8.77. The third-order valence-electron chi connectivity index (χ3n) is 2.39. The van der Waals surface area contributed by atoms with Gasteiger partial charge in [-0.05, 0) is 31.6 Å². The van der Waals surface area contributed by atoms with Crippen LogP contribution >= 0.6 is 0 Å². The molecule has 0 N–H and O–H groups in total. The average Bonchev–Trinajstić information content (AvgIpc) is 2.39. The van der Waals surface area contributed by atoms with E-state index < -0.39 is 0 Å². The molecular formula is C16H19NO. The third-order valence-corrected chi connectivity index (χ3v) is 2.39. The summed E-state index contributed by atoms with van der Waals surface area (Å²) < 4.78 is 0. The van der Waals surface area contributed by atoms with Gasteiger partial charge in [0.2, 0.25) is 5.91 Å². The number of allylic oxidation sites excluding steroid dienone is 1. The van der Waals surface area contributed by atoms with Gasteiger partial charge in [-0.25, -0.2) is 0 Å². The minimum absolute atomic E-state index is 0.0294. The van der Waals surface area contributed by atoms with Crippen LogP contribution in [0.3, 0.4) is 0 Å². The van der Waals surface area contributed by atoms with Crippen molar-refractivity contribution in [1.29, 1.82) is 0 Å². The zero-order valence-electron chi connectivity index (χ0n) is 11.0. The predicted octanol–water partition coefficient (Wildman–Crippen LogP) is 2.85. The van der Waals surface area contributed by atoms with Gasteiger partial charge in [0.05, 0.1) is 6.54 Å². The van der Waals surface area contributed by atoms with E-state index in [1.165, 1.54) is 0 Å². The molecule has 0 heterocycles. The van der Waals surface area contributed by atoms with Gasteiger partial charge in [-0.15, -0.1) is 0 Å². The lowest BCUT2D eigenvalue weighted by Crippen LogP contribution is -2.30. The van der Waals surface area contributed by atoms with Gasteiger partial charge >= 0.3 is 0 Å². The van der Waals surface area contributed by atoms with Crippen LogP contribution in [0.25, 0.3) is 0 Å². The van der Waals surface area contributed by atoms with Crippen molar-refractivity contribution in [1.82, 2.24) is 4.90 Å². The number of amides is 1. The standard InChI is InChI=1S/C16H19NO/c1-3-9-16(18)17(13-4-2)14-8-12-15-10-6-5-7-11-15/h3,5-7,9-11H,4,13-14H2,1-2H3/b9-3+. The first kappa shape index (κ1) is 14.1. The molecule has 0 saturated heterocycles. The lowest BCUT2D eigenvalue weighted by Gasteiger charge is -2.17. The van der Waals surface area contributed by atoms with E-state index in [-0.39, 0.29) is 5.91 Å². The molecule has 0 radical (unpaired) electrons. The Hall–Kier alpha value is -2.01. The molecule has 1 rings (SSSR count). The maximum atomic E-state index is 11.7. The predicted molar refractivity (Wildman–Crippen MR) is 75.0 cm³/mol. The van der Waals surface area contributed by atoms with E-state index >= 15 is 0 Å². The van der Waals surface area contributed by atoms with E-state index in [0.29, 0.717) is 6.54 Å². The van der Waals surface area contributed by atoms with Crippen LogP contribution in [0.2, 0.25) is 0 Å². The van der Waals surface area contributed by atoms with Crippen molar-refractivity contribution >= 4 is 5.91 Å². The molecular weight excluding hydrogens is 222 g/mol. The molecule has 1 amide bonds. The van der Waals surface area contributed by atoms with Gasteiger partial charge in [-0.3, -0.25) is 4.79 Å². The van der Waals surface area contributed by atoms with Gasteiger partial charge in [0.1, 0.15) is 0 Å². The summed E-state index contributed by atoms with van der Waals surface area (Å²) in [6, 6.07) is 9.80. The normalized spacial score (nSPS) is 9.89. The second kappa shape index (κ2) is 8.14. The van der Waals surface area contributed by atoms with Crippen LogP contribution in [0.1, 0.15) is 25.8 Å². The highest BCUT2D eigenvalue weighted by atomic mass is 16.2. The van der Waals surface area contributed by atoms with Gasteiger partial charge < -0.3 is 4.90 Å². The summed E-state index contributed by atoms with van der Waals surface area (Å²) in [6.07, 6.45) is 4.28. The summed E-state index contributed by atoms with van der Waals surface area (Å²) in [5.74, 6) is 6.14. The number of carbonyl (C=O) groups is 1. The van der Waals surface area contributed by atoms with E-state index in [0.717, 1.165) is 18.5 Å². The second-order valence-electron chi connectivity index (χ2n) is 3.93. The molecule has 94 valence electrons. The molecule has 18 heavy (non-hydrogen) atoms. The Bertz CT molecular complexity index is 451. The van der Waals surface area contributed by atoms with Crippen LogP contribution in [0.4, 0.5) is 0 Å². The lowest BCUT2D eigenvalue weighted by atomic mass is 10.2. The van der Waals surface area contributed by atoms with E-state index in [2.05, 4.69) is 18.8 Å². The summed E-state index contributed by atoms with van der Waals surface area (Å²) in [5, 5.41) is 0. The van der Waals surface area contributed by atoms with Crippen molar-refractivity contribution < 1.29 is 4.79 Å². The molecule has 0 spiro atoms. The molecule has 0 aliphatic rings. The van der Waals surface area contributed by atoms with E-state index in [1.54, 1.807) is 17.1 Å². The fourth-order valence-corrected chi connectivity index (χ4v) is 1.54. The van der Waals surface area contributed by atoms with Gasteiger partial charge in [-0.2, -0.15) is 0 Å². The van der Waals surface area contributed by atoms with Gasteiger partial charge in [0, 0.05) is 12.1 Å². The Morgan fingerprint density at radius 2 is 2.06 bits per heavy atom. The highest BCUT2D eigenvalue weighted by molar-refractivity contribution is 5.87. The Labute approximate surface area is 109 Å². The zero-order valence-corrected chi connectivity index (χ0v) is 11.0. The van der Waals surface area contributed by atoms with Crippen LogP contribution in [0.15, 0.2) is 42.5 Å². The number of hydrogen-bond donors (Lipinski definition) is 0. The summed E-state index contributed by atoms with van der Waals surface area (Å²) in [5.41, 5.74) is 0.979. The smallest absolute Gasteiger partial charge is 0.247 e. The third kappa shape index (κ3) is 4.88. The average molecular weight is 241 g/mol. The maximum absolute atomic E-state index is 11.7. The molecule has 0 aliphatic heterocycles. The van der Waals surface area contributed by atoms with Crippen LogP contribution in [-0.4, -0.2) is 23.9 Å². The van der Waals surface area contributed by atoms with Crippen molar-refractivity contribution in [2.24, 2.45) is 0 Å². The largest absolute Gasteiger partial charge is 0.328 e. The van der Waals surface area contributed by atoms with Crippen molar-refractivity contribution in [3.63, 3.8) is 0 Å². The van der Waals surface area contributed by atoms with E-state index in [4.69, 9.17) is 0 Å². The molecule has 1 aromatic rings. The van der Waals surface area contributed by atoms with Crippen LogP contribution in [-0.2, 0) is 4.79 Å². The fourth-order valence-electron chi connectivity index (χ4n) is 1.54. The fraction of sp³-hybridized carbons (Fsp3) is 0.312. The molecule has 2 heteroatoms. The molecule has 0 saturated carbocycles. The van der Waals surface area contributed by atoms with Crippen molar-refractivity contribution in [3.05, 3.63) is 48.0 Å². The highest BCUT2D eigenvalue weighted by Gasteiger charge is 2.06. The first-order valence-corrected chi connectivity index (χ1v) is 6.23. The van der Waals surface area contributed by atoms with Gasteiger partial charge in [0.15, 0.2) is 0 Å². The Morgan fingerprint density at radius 1 is 1.33 bits per heavy atom. The molecule has 0 bridgehead atoms. The molecule has 0 aromatic heterocycles. The topological polar surface area (TPSA) is 20.3 Å². The number of carbonyl (C=O) groups excluding carboxylic acids is 1. The monoisotopic (exact) mass is 241 g/mol.